The van der Waals surface area contributed by atoms with Crippen LogP contribution in [0.25, 0.3) is 0 Å². The van der Waals surface area contributed by atoms with Gasteiger partial charge < -0.3 is 5.32 Å². The molecule has 2 rings (SSSR count). The molecular formula is C9H10N2O2. The highest BCUT2D eigenvalue weighted by Crippen LogP contribution is 2.19. The summed E-state index contributed by atoms with van der Waals surface area (Å²) in [6, 6.07) is 0. The second-order valence-electron chi connectivity index (χ2n) is 3.10. The smallest absolute Gasteiger partial charge is 0.245 e. The van der Waals surface area contributed by atoms with Crippen molar-refractivity contribution in [2.45, 2.75) is 6.42 Å². The average Bonchev–Trinajstić information content (AvgIpc) is 2.27. The highest BCUT2D eigenvalue weighted by atomic mass is 16.2. The number of carbonyl (C=O) groups is 2. The summed E-state index contributed by atoms with van der Waals surface area (Å²) >= 11 is 0. The predicted molar refractivity (Wildman–Crippen MR) is 46.5 cm³/mol. The minimum Gasteiger partial charge on any atom is -0.379 e. The lowest BCUT2D eigenvalue weighted by atomic mass is 9.96. The average molecular weight is 178 g/mol. The molecule has 1 aliphatic carbocycles. The summed E-state index contributed by atoms with van der Waals surface area (Å²) in [6.45, 7) is 0.182. The molecule has 0 aromatic carbocycles. The number of imide groups is 1. The summed E-state index contributed by atoms with van der Waals surface area (Å²) in [5, 5.41) is 5.27. The highest BCUT2D eigenvalue weighted by Gasteiger charge is 2.27. The quantitative estimate of drug-likeness (QED) is 0.500. The number of amides is 2. The largest absolute Gasteiger partial charge is 0.379 e. The molecule has 1 fully saturated rings. The Morgan fingerprint density at radius 3 is 3.08 bits per heavy atom. The predicted octanol–water partition coefficient (Wildman–Crippen LogP) is -0.308. The Bertz CT molecular complexity index is 318. The first-order valence-corrected chi connectivity index (χ1v) is 4.21. The fraction of sp³-hybridized carbons (Fsp3) is 0.333. The van der Waals surface area contributed by atoms with Gasteiger partial charge in [-0.05, 0) is 12.5 Å². The number of allylic oxidation sites excluding steroid dienone is 3. The second kappa shape index (κ2) is 3.05. The van der Waals surface area contributed by atoms with E-state index in [4.69, 9.17) is 0 Å². The monoisotopic (exact) mass is 178 g/mol. The highest BCUT2D eigenvalue weighted by molar-refractivity contribution is 5.99. The van der Waals surface area contributed by atoms with Gasteiger partial charge in [-0.2, -0.15) is 0 Å². The molecule has 4 nitrogen and oxygen atoms in total. The molecule has 1 unspecified atom stereocenters. The number of rotatable bonds is 0. The Balaban J connectivity index is 2.26. The molecule has 0 aromatic rings. The minimum absolute atomic E-state index is 0.182. The minimum atomic E-state index is -0.264. The van der Waals surface area contributed by atoms with Crippen LogP contribution in [0.5, 0.6) is 0 Å². The lowest BCUT2D eigenvalue weighted by Crippen LogP contribution is -2.34. The van der Waals surface area contributed by atoms with Crippen molar-refractivity contribution in [2.24, 2.45) is 5.92 Å². The maximum atomic E-state index is 11.4. The van der Waals surface area contributed by atoms with E-state index in [1.54, 1.807) is 0 Å². The number of hydrogen-bond acceptors (Lipinski definition) is 3. The maximum Gasteiger partial charge on any atom is 0.245 e. The fourth-order valence-corrected chi connectivity index (χ4v) is 1.51. The lowest BCUT2D eigenvalue weighted by molar-refractivity contribution is -0.130. The molecule has 2 aliphatic rings. The zero-order chi connectivity index (χ0) is 9.26. The van der Waals surface area contributed by atoms with Gasteiger partial charge in [0, 0.05) is 5.70 Å². The summed E-state index contributed by atoms with van der Waals surface area (Å²) in [5.74, 6) is -0.678. The maximum absolute atomic E-state index is 11.4. The van der Waals surface area contributed by atoms with Gasteiger partial charge in [-0.15, -0.1) is 0 Å². The van der Waals surface area contributed by atoms with Crippen LogP contribution < -0.4 is 10.6 Å². The Hall–Kier alpha value is -1.58. The molecule has 1 aliphatic heterocycles. The molecule has 0 saturated carbocycles. The van der Waals surface area contributed by atoms with Crippen molar-refractivity contribution in [3.63, 3.8) is 0 Å². The molecule has 0 radical (unpaired) electrons. The van der Waals surface area contributed by atoms with Gasteiger partial charge in [0.2, 0.25) is 11.8 Å². The van der Waals surface area contributed by atoms with Gasteiger partial charge in [-0.1, -0.05) is 12.2 Å². The molecule has 0 aromatic heterocycles. The van der Waals surface area contributed by atoms with Crippen LogP contribution in [0.15, 0.2) is 23.9 Å². The third-order valence-electron chi connectivity index (χ3n) is 2.19. The van der Waals surface area contributed by atoms with Gasteiger partial charge in [0.05, 0.1) is 12.5 Å². The standard InChI is InChI=1S/C9H10N2O2/c12-8-5-10-7-4-2-1-3-6(7)9(13)11-8/h1-2,4,6,10H,3,5H2,(H,11,12,13). The van der Waals surface area contributed by atoms with Crippen LogP contribution in [0.4, 0.5) is 0 Å². The third-order valence-corrected chi connectivity index (χ3v) is 2.19. The van der Waals surface area contributed by atoms with Crippen molar-refractivity contribution >= 4 is 11.8 Å². The molecule has 4 heteroatoms. The molecule has 68 valence electrons. The normalized spacial score (nSPS) is 26.8. The summed E-state index contributed by atoms with van der Waals surface area (Å²) in [7, 11) is 0. The molecule has 0 bridgehead atoms. The van der Waals surface area contributed by atoms with Crippen molar-refractivity contribution in [3.8, 4) is 0 Å². The van der Waals surface area contributed by atoms with Crippen molar-refractivity contribution in [2.75, 3.05) is 6.54 Å². The summed E-state index contributed by atoms with van der Waals surface area (Å²) < 4.78 is 0. The van der Waals surface area contributed by atoms with Crippen LogP contribution in [-0.4, -0.2) is 18.4 Å². The van der Waals surface area contributed by atoms with Gasteiger partial charge in [-0.25, -0.2) is 0 Å². The summed E-state index contributed by atoms with van der Waals surface area (Å²) in [4.78, 5) is 22.4. The number of fused-ring (bicyclic) bond motifs is 1. The van der Waals surface area contributed by atoms with E-state index < -0.39 is 0 Å². The Morgan fingerprint density at radius 2 is 2.23 bits per heavy atom. The first-order valence-electron chi connectivity index (χ1n) is 4.21. The molecular weight excluding hydrogens is 168 g/mol. The van der Waals surface area contributed by atoms with Crippen LogP contribution in [0, 0.1) is 5.92 Å². The van der Waals surface area contributed by atoms with Crippen molar-refractivity contribution in [3.05, 3.63) is 23.9 Å². The summed E-state index contributed by atoms with van der Waals surface area (Å²) in [5.41, 5.74) is 0.839. The van der Waals surface area contributed by atoms with E-state index >= 15 is 0 Å². The first-order chi connectivity index (χ1) is 6.27. The Kier molecular flexibility index (Phi) is 1.88. The van der Waals surface area contributed by atoms with E-state index in [1.165, 1.54) is 0 Å². The van der Waals surface area contributed by atoms with E-state index in [-0.39, 0.29) is 24.3 Å². The molecule has 0 spiro atoms. The van der Waals surface area contributed by atoms with Gasteiger partial charge in [0.1, 0.15) is 0 Å². The molecule has 1 saturated heterocycles. The third kappa shape index (κ3) is 1.47. The Morgan fingerprint density at radius 1 is 1.38 bits per heavy atom. The van der Waals surface area contributed by atoms with Crippen LogP contribution >= 0.6 is 0 Å². The van der Waals surface area contributed by atoms with Gasteiger partial charge in [-0.3, -0.25) is 14.9 Å². The number of carbonyl (C=O) groups excluding carboxylic acids is 2. The topological polar surface area (TPSA) is 58.2 Å². The molecule has 2 N–H and O–H groups in total. The SMILES string of the molecule is O=C1CNC2=CC=CCC2C(=O)N1. The van der Waals surface area contributed by atoms with Crippen LogP contribution in [0.1, 0.15) is 6.42 Å². The number of nitrogens with one attached hydrogen (secondary N) is 2. The second-order valence-corrected chi connectivity index (χ2v) is 3.10. The van der Waals surface area contributed by atoms with Gasteiger partial charge in [0.25, 0.3) is 0 Å². The van der Waals surface area contributed by atoms with Crippen LogP contribution in [0.2, 0.25) is 0 Å². The van der Waals surface area contributed by atoms with E-state index in [1.807, 2.05) is 18.2 Å². The summed E-state index contributed by atoms with van der Waals surface area (Å²) in [6.07, 6.45) is 6.32. The van der Waals surface area contributed by atoms with Crippen LogP contribution in [0.3, 0.4) is 0 Å². The zero-order valence-corrected chi connectivity index (χ0v) is 7.04. The fourth-order valence-electron chi connectivity index (χ4n) is 1.51. The van der Waals surface area contributed by atoms with Crippen molar-refractivity contribution in [1.82, 2.24) is 10.6 Å². The van der Waals surface area contributed by atoms with E-state index in [2.05, 4.69) is 10.6 Å². The van der Waals surface area contributed by atoms with Gasteiger partial charge >= 0.3 is 0 Å². The molecule has 13 heavy (non-hydrogen) atoms. The first kappa shape index (κ1) is 8.04. The van der Waals surface area contributed by atoms with E-state index in [0.29, 0.717) is 6.42 Å². The molecule has 1 heterocycles. The van der Waals surface area contributed by atoms with Gasteiger partial charge in [0.15, 0.2) is 0 Å². The van der Waals surface area contributed by atoms with Crippen molar-refractivity contribution in [1.29, 1.82) is 0 Å². The Labute approximate surface area is 75.7 Å². The lowest BCUT2D eigenvalue weighted by Gasteiger charge is -2.16. The van der Waals surface area contributed by atoms with E-state index in [9.17, 15) is 9.59 Å². The van der Waals surface area contributed by atoms with Crippen LogP contribution in [-0.2, 0) is 9.59 Å². The van der Waals surface area contributed by atoms with E-state index in [0.717, 1.165) is 5.70 Å². The molecule has 2 amide bonds. The zero-order valence-electron chi connectivity index (χ0n) is 7.04. The number of hydrogen-bond donors (Lipinski definition) is 2. The van der Waals surface area contributed by atoms with Crippen molar-refractivity contribution < 1.29 is 9.59 Å². The molecule has 1 atom stereocenters.